The molecule has 0 fully saturated rings. The van der Waals surface area contributed by atoms with E-state index < -0.39 is 0 Å². The van der Waals surface area contributed by atoms with E-state index in [0.717, 1.165) is 17.7 Å². The highest BCUT2D eigenvalue weighted by Gasteiger charge is 2.09. The third-order valence-corrected chi connectivity index (χ3v) is 4.08. The van der Waals surface area contributed by atoms with Crippen LogP contribution in [0.15, 0.2) is 58.0 Å². The molecule has 0 amide bonds. The summed E-state index contributed by atoms with van der Waals surface area (Å²) in [7, 11) is 0. The maximum absolute atomic E-state index is 5.91. The molecule has 2 aromatic carbocycles. The maximum Gasteiger partial charge on any atom is 0.246 e. The van der Waals surface area contributed by atoms with Gasteiger partial charge in [0, 0.05) is 17.1 Å². The van der Waals surface area contributed by atoms with E-state index in [9.17, 15) is 0 Å². The molecule has 0 aliphatic heterocycles. The van der Waals surface area contributed by atoms with Crippen LogP contribution in [0.5, 0.6) is 0 Å². The first-order valence-corrected chi connectivity index (χ1v) is 9.18. The van der Waals surface area contributed by atoms with E-state index in [1.54, 1.807) is 12.1 Å². The molecule has 0 aliphatic rings. The third-order valence-electron chi connectivity index (χ3n) is 3.82. The van der Waals surface area contributed by atoms with E-state index in [-0.39, 0.29) is 0 Å². The summed E-state index contributed by atoms with van der Waals surface area (Å²) < 4.78 is 5.32. The normalized spacial score (nSPS) is 11.4. The summed E-state index contributed by atoms with van der Waals surface area (Å²) >= 11 is 5.91. The van der Waals surface area contributed by atoms with Gasteiger partial charge in [-0.05, 0) is 43.7 Å². The number of rotatable bonds is 6. The lowest BCUT2D eigenvalue weighted by Gasteiger charge is -2.09. The number of benzene rings is 2. The smallest absolute Gasteiger partial charge is 0.246 e. The summed E-state index contributed by atoms with van der Waals surface area (Å²) in [6, 6.07) is 15.6. The number of nitrogens with zero attached hydrogens (tertiary/aromatic N) is 3. The fraction of sp³-hybridized carbons (Fsp3) is 0.250. The Morgan fingerprint density at radius 1 is 1.15 bits per heavy atom. The number of hydrogen-bond acceptors (Lipinski definition) is 4. The molecule has 0 atom stereocenters. The Bertz CT molecular complexity index is 905. The summed E-state index contributed by atoms with van der Waals surface area (Å²) in [5.41, 5.74) is 3.24. The number of aliphatic imine (C=N–C) groups is 1. The van der Waals surface area contributed by atoms with Crippen LogP contribution < -0.4 is 10.6 Å². The predicted octanol–water partition coefficient (Wildman–Crippen LogP) is 3.95. The Balaban J connectivity index is 1.62. The van der Waals surface area contributed by atoms with Crippen molar-refractivity contribution in [3.05, 3.63) is 70.6 Å². The van der Waals surface area contributed by atoms with Crippen molar-refractivity contribution in [3.63, 3.8) is 0 Å². The first-order valence-electron chi connectivity index (χ1n) is 8.80. The standard InChI is InChI=1S/C20H22ClN5O/c1-3-22-20(23-12-15-6-4-5-14(2)11-15)24-13-18-25-19(26-27-18)16-7-9-17(21)10-8-16/h4-11H,3,12-13H2,1-2H3,(H2,22,23,24). The zero-order chi connectivity index (χ0) is 19.1. The van der Waals surface area contributed by atoms with Gasteiger partial charge in [0.25, 0.3) is 0 Å². The largest absolute Gasteiger partial charge is 0.357 e. The molecule has 0 aliphatic carbocycles. The SMILES string of the molecule is CCNC(=NCc1cccc(C)c1)NCc1nc(-c2ccc(Cl)cc2)no1. The zero-order valence-electron chi connectivity index (χ0n) is 15.4. The van der Waals surface area contributed by atoms with Gasteiger partial charge in [-0.25, -0.2) is 4.99 Å². The Labute approximate surface area is 163 Å². The molecule has 0 saturated heterocycles. The van der Waals surface area contributed by atoms with E-state index in [1.165, 1.54) is 5.56 Å². The number of aryl methyl sites for hydroxylation is 1. The van der Waals surface area contributed by atoms with Gasteiger partial charge in [-0.15, -0.1) is 0 Å². The molecule has 3 rings (SSSR count). The molecule has 6 nitrogen and oxygen atoms in total. The van der Waals surface area contributed by atoms with Gasteiger partial charge in [0.15, 0.2) is 5.96 Å². The van der Waals surface area contributed by atoms with Crippen LogP contribution in [0.25, 0.3) is 11.4 Å². The number of hydrogen-bond donors (Lipinski definition) is 2. The molecular formula is C20H22ClN5O. The number of nitrogens with one attached hydrogen (secondary N) is 2. The van der Waals surface area contributed by atoms with Crippen LogP contribution in [-0.4, -0.2) is 22.6 Å². The highest BCUT2D eigenvalue weighted by molar-refractivity contribution is 6.30. The molecule has 2 N–H and O–H groups in total. The van der Waals surface area contributed by atoms with Crippen molar-refractivity contribution in [1.82, 2.24) is 20.8 Å². The molecule has 3 aromatic rings. The van der Waals surface area contributed by atoms with Crippen LogP contribution in [0.4, 0.5) is 0 Å². The van der Waals surface area contributed by atoms with Crippen molar-refractivity contribution in [2.75, 3.05) is 6.54 Å². The third kappa shape index (κ3) is 5.56. The second-order valence-electron chi connectivity index (χ2n) is 6.06. The van der Waals surface area contributed by atoms with Gasteiger partial charge < -0.3 is 15.2 Å². The van der Waals surface area contributed by atoms with E-state index in [4.69, 9.17) is 16.1 Å². The van der Waals surface area contributed by atoms with Gasteiger partial charge in [-0.1, -0.05) is 46.6 Å². The molecule has 27 heavy (non-hydrogen) atoms. The molecular weight excluding hydrogens is 362 g/mol. The minimum Gasteiger partial charge on any atom is -0.357 e. The predicted molar refractivity (Wildman–Crippen MR) is 108 cm³/mol. The highest BCUT2D eigenvalue weighted by Crippen LogP contribution is 2.18. The van der Waals surface area contributed by atoms with Crippen LogP contribution >= 0.6 is 11.6 Å². The lowest BCUT2D eigenvalue weighted by atomic mass is 10.1. The average Bonchev–Trinajstić information content (AvgIpc) is 3.14. The lowest BCUT2D eigenvalue weighted by Crippen LogP contribution is -2.36. The van der Waals surface area contributed by atoms with E-state index in [0.29, 0.717) is 35.8 Å². The van der Waals surface area contributed by atoms with Gasteiger partial charge in [-0.2, -0.15) is 4.98 Å². The van der Waals surface area contributed by atoms with Gasteiger partial charge in [-0.3, -0.25) is 0 Å². The summed E-state index contributed by atoms with van der Waals surface area (Å²) in [6.07, 6.45) is 0. The molecule has 0 radical (unpaired) electrons. The molecule has 1 heterocycles. The minimum atomic E-state index is 0.389. The quantitative estimate of drug-likeness (QED) is 0.498. The topological polar surface area (TPSA) is 75.3 Å². The first kappa shape index (κ1) is 18.9. The van der Waals surface area contributed by atoms with Gasteiger partial charge in [0.1, 0.15) is 0 Å². The molecule has 0 unspecified atom stereocenters. The fourth-order valence-corrected chi connectivity index (χ4v) is 2.65. The Kier molecular flexibility index (Phi) is 6.44. The van der Waals surface area contributed by atoms with Crippen molar-refractivity contribution in [2.24, 2.45) is 4.99 Å². The summed E-state index contributed by atoms with van der Waals surface area (Å²) in [5, 5.41) is 11.1. The molecule has 0 saturated carbocycles. The van der Waals surface area contributed by atoms with Crippen LogP contribution in [0.2, 0.25) is 5.02 Å². The molecule has 140 valence electrons. The average molecular weight is 384 g/mol. The lowest BCUT2D eigenvalue weighted by molar-refractivity contribution is 0.375. The molecule has 0 spiro atoms. The number of aromatic nitrogens is 2. The monoisotopic (exact) mass is 383 g/mol. The summed E-state index contributed by atoms with van der Waals surface area (Å²) in [5.74, 6) is 1.72. The van der Waals surface area contributed by atoms with Crippen molar-refractivity contribution in [3.8, 4) is 11.4 Å². The Morgan fingerprint density at radius 2 is 1.96 bits per heavy atom. The summed E-state index contributed by atoms with van der Waals surface area (Å²) in [6.45, 7) is 5.84. The first-order chi connectivity index (χ1) is 13.1. The van der Waals surface area contributed by atoms with E-state index in [1.807, 2.05) is 25.1 Å². The molecule has 1 aromatic heterocycles. The van der Waals surface area contributed by atoms with Gasteiger partial charge in [0.2, 0.25) is 11.7 Å². The van der Waals surface area contributed by atoms with Crippen molar-refractivity contribution in [2.45, 2.75) is 26.9 Å². The fourth-order valence-electron chi connectivity index (χ4n) is 2.52. The number of halogens is 1. The zero-order valence-corrected chi connectivity index (χ0v) is 16.1. The van der Waals surface area contributed by atoms with Crippen molar-refractivity contribution < 1.29 is 4.52 Å². The van der Waals surface area contributed by atoms with Crippen LogP contribution in [0, 0.1) is 6.92 Å². The van der Waals surface area contributed by atoms with Crippen molar-refractivity contribution in [1.29, 1.82) is 0 Å². The van der Waals surface area contributed by atoms with Crippen molar-refractivity contribution >= 4 is 17.6 Å². The van der Waals surface area contributed by atoms with Crippen LogP contribution in [0.1, 0.15) is 23.9 Å². The highest BCUT2D eigenvalue weighted by atomic mass is 35.5. The Morgan fingerprint density at radius 3 is 2.70 bits per heavy atom. The Hall–Kier alpha value is -2.86. The second kappa shape index (κ2) is 9.19. The van der Waals surface area contributed by atoms with E-state index in [2.05, 4.69) is 50.9 Å². The van der Waals surface area contributed by atoms with Crippen LogP contribution in [0.3, 0.4) is 0 Å². The van der Waals surface area contributed by atoms with Gasteiger partial charge >= 0.3 is 0 Å². The number of guanidine groups is 1. The second-order valence-corrected chi connectivity index (χ2v) is 6.49. The van der Waals surface area contributed by atoms with Gasteiger partial charge in [0.05, 0.1) is 13.1 Å². The van der Waals surface area contributed by atoms with Crippen LogP contribution in [-0.2, 0) is 13.1 Å². The molecule has 0 bridgehead atoms. The molecule has 7 heteroatoms. The maximum atomic E-state index is 5.91. The summed E-state index contributed by atoms with van der Waals surface area (Å²) in [4.78, 5) is 9.01. The minimum absolute atomic E-state index is 0.389. The van der Waals surface area contributed by atoms with E-state index >= 15 is 0 Å².